The highest BCUT2D eigenvalue weighted by Gasteiger charge is 2.26. The first kappa shape index (κ1) is 15.6. The van der Waals surface area contributed by atoms with Gasteiger partial charge in [-0.1, -0.05) is 32.9 Å². The molecule has 0 fully saturated rings. The number of ether oxygens (including phenoxy) is 1. The Morgan fingerprint density at radius 1 is 1.32 bits per heavy atom. The van der Waals surface area contributed by atoms with Crippen LogP contribution in [0.15, 0.2) is 24.3 Å². The van der Waals surface area contributed by atoms with Crippen LogP contribution >= 0.6 is 0 Å². The molecule has 0 heterocycles. The maximum absolute atomic E-state index is 12.8. The van der Waals surface area contributed by atoms with E-state index in [-0.39, 0.29) is 23.2 Å². The molecule has 4 heteroatoms. The van der Waals surface area contributed by atoms with Gasteiger partial charge in [-0.3, -0.25) is 4.79 Å². The summed E-state index contributed by atoms with van der Waals surface area (Å²) in [5.74, 6) is -0.475. The number of benzene rings is 1. The molecule has 1 unspecified atom stereocenters. The second-order valence-corrected chi connectivity index (χ2v) is 5.71. The summed E-state index contributed by atoms with van der Waals surface area (Å²) in [7, 11) is 1.39. The van der Waals surface area contributed by atoms with Gasteiger partial charge in [0.05, 0.1) is 13.5 Å². The molecular weight excluding hydrogens is 245 g/mol. The topological polar surface area (TPSA) is 38.3 Å². The molecule has 106 valence electrons. The number of nitrogens with one attached hydrogen (secondary N) is 1. The summed E-state index contributed by atoms with van der Waals surface area (Å²) in [5.41, 5.74) is 0.925. The lowest BCUT2D eigenvalue weighted by atomic mass is 9.84. The van der Waals surface area contributed by atoms with Gasteiger partial charge in [0.1, 0.15) is 5.82 Å². The molecule has 1 aromatic rings. The minimum Gasteiger partial charge on any atom is -0.469 e. The first-order valence-corrected chi connectivity index (χ1v) is 6.37. The number of carbonyl (C=O) groups excluding carboxylic acids is 1. The lowest BCUT2D eigenvalue weighted by Crippen LogP contribution is -2.41. The fourth-order valence-corrected chi connectivity index (χ4v) is 1.78. The van der Waals surface area contributed by atoms with E-state index in [9.17, 15) is 9.18 Å². The molecule has 0 saturated carbocycles. The summed E-state index contributed by atoms with van der Waals surface area (Å²) in [6, 6.07) is 6.35. The molecule has 1 aromatic carbocycles. The van der Waals surface area contributed by atoms with Gasteiger partial charge in [0.15, 0.2) is 0 Å². The van der Waals surface area contributed by atoms with Gasteiger partial charge in [-0.2, -0.15) is 0 Å². The molecule has 1 N–H and O–H groups in total. The Morgan fingerprint density at radius 2 is 1.89 bits per heavy atom. The quantitative estimate of drug-likeness (QED) is 0.834. The monoisotopic (exact) mass is 267 g/mol. The van der Waals surface area contributed by atoms with E-state index in [1.165, 1.54) is 19.2 Å². The van der Waals surface area contributed by atoms with Crippen LogP contribution in [0, 0.1) is 11.2 Å². The van der Waals surface area contributed by atoms with Crippen molar-refractivity contribution in [2.75, 3.05) is 7.11 Å². The normalized spacial score (nSPS) is 13.1. The molecule has 0 radical (unpaired) electrons. The number of esters is 1. The maximum Gasteiger partial charge on any atom is 0.307 e. The zero-order chi connectivity index (χ0) is 14.5. The molecule has 1 atom stereocenters. The third kappa shape index (κ3) is 5.39. The number of hydrogen-bond donors (Lipinski definition) is 1. The van der Waals surface area contributed by atoms with E-state index >= 15 is 0 Å². The van der Waals surface area contributed by atoms with Gasteiger partial charge in [0, 0.05) is 12.6 Å². The number of halogens is 1. The van der Waals surface area contributed by atoms with E-state index in [1.807, 2.05) is 0 Å². The van der Waals surface area contributed by atoms with E-state index in [1.54, 1.807) is 12.1 Å². The third-order valence-electron chi connectivity index (χ3n) is 3.11. The fourth-order valence-electron chi connectivity index (χ4n) is 1.78. The van der Waals surface area contributed by atoms with Crippen LogP contribution < -0.4 is 5.32 Å². The molecule has 0 aliphatic carbocycles. The second-order valence-electron chi connectivity index (χ2n) is 5.71. The van der Waals surface area contributed by atoms with E-state index < -0.39 is 0 Å². The summed E-state index contributed by atoms with van der Waals surface area (Å²) < 4.78 is 17.5. The van der Waals surface area contributed by atoms with Gasteiger partial charge in [-0.25, -0.2) is 4.39 Å². The van der Waals surface area contributed by atoms with Crippen molar-refractivity contribution in [3.8, 4) is 0 Å². The number of hydrogen-bond acceptors (Lipinski definition) is 3. The van der Waals surface area contributed by atoms with E-state index in [0.717, 1.165) is 5.56 Å². The van der Waals surface area contributed by atoms with Crippen LogP contribution in [0.25, 0.3) is 0 Å². The zero-order valence-electron chi connectivity index (χ0n) is 12.0. The first-order chi connectivity index (χ1) is 8.82. The Bertz CT molecular complexity index is 409. The van der Waals surface area contributed by atoms with Crippen molar-refractivity contribution in [3.05, 3.63) is 35.6 Å². The minimum absolute atomic E-state index is 0.00463. The summed E-state index contributed by atoms with van der Waals surface area (Å²) >= 11 is 0. The Hall–Kier alpha value is -1.42. The minimum atomic E-state index is -0.245. The summed E-state index contributed by atoms with van der Waals surface area (Å²) in [6.45, 7) is 6.80. The smallest absolute Gasteiger partial charge is 0.307 e. The Kier molecular flexibility index (Phi) is 5.48. The predicted octanol–water partition coefficient (Wildman–Crippen LogP) is 2.89. The van der Waals surface area contributed by atoms with Gasteiger partial charge >= 0.3 is 5.97 Å². The Morgan fingerprint density at radius 3 is 2.37 bits per heavy atom. The Labute approximate surface area is 114 Å². The van der Waals surface area contributed by atoms with Gasteiger partial charge in [-0.05, 0) is 23.1 Å². The Balaban J connectivity index is 2.62. The van der Waals surface area contributed by atoms with Crippen LogP contribution in [0.3, 0.4) is 0 Å². The molecule has 0 saturated heterocycles. The molecule has 3 nitrogen and oxygen atoms in total. The average Bonchev–Trinajstić information content (AvgIpc) is 2.34. The van der Waals surface area contributed by atoms with Crippen LogP contribution in [-0.2, 0) is 16.1 Å². The highest BCUT2D eigenvalue weighted by molar-refractivity contribution is 5.70. The van der Waals surface area contributed by atoms with E-state index in [4.69, 9.17) is 4.74 Å². The summed E-state index contributed by atoms with van der Waals surface area (Å²) in [5, 5.41) is 3.34. The molecule has 0 aromatic heterocycles. The van der Waals surface area contributed by atoms with Crippen LogP contribution in [0.4, 0.5) is 4.39 Å². The fraction of sp³-hybridized carbons (Fsp3) is 0.533. The van der Waals surface area contributed by atoms with Crippen molar-refractivity contribution in [2.45, 2.75) is 39.8 Å². The van der Waals surface area contributed by atoms with Gasteiger partial charge < -0.3 is 10.1 Å². The highest BCUT2D eigenvalue weighted by Crippen LogP contribution is 2.22. The molecule has 0 aliphatic heterocycles. The van der Waals surface area contributed by atoms with E-state index in [2.05, 4.69) is 26.1 Å². The van der Waals surface area contributed by atoms with Crippen LogP contribution in [0.5, 0.6) is 0 Å². The van der Waals surface area contributed by atoms with Gasteiger partial charge in [-0.15, -0.1) is 0 Å². The molecule has 0 bridgehead atoms. The van der Waals surface area contributed by atoms with Crippen LogP contribution in [-0.4, -0.2) is 19.1 Å². The van der Waals surface area contributed by atoms with Crippen molar-refractivity contribution >= 4 is 5.97 Å². The van der Waals surface area contributed by atoms with Crippen molar-refractivity contribution in [3.63, 3.8) is 0 Å². The number of methoxy groups -OCH3 is 1. The third-order valence-corrected chi connectivity index (χ3v) is 3.11. The standard InChI is InChI=1S/C15H22FNO2/c1-15(2,3)13(9-14(18)19-4)17-10-11-5-7-12(16)8-6-11/h5-8,13,17H,9-10H2,1-4H3. The van der Waals surface area contributed by atoms with Crippen LogP contribution in [0.2, 0.25) is 0 Å². The highest BCUT2D eigenvalue weighted by atomic mass is 19.1. The molecule has 0 amide bonds. The van der Waals surface area contributed by atoms with Crippen molar-refractivity contribution in [1.29, 1.82) is 0 Å². The van der Waals surface area contributed by atoms with Crippen LogP contribution in [0.1, 0.15) is 32.8 Å². The molecule has 1 rings (SSSR count). The first-order valence-electron chi connectivity index (χ1n) is 6.37. The van der Waals surface area contributed by atoms with Gasteiger partial charge in [0.2, 0.25) is 0 Å². The molecule has 19 heavy (non-hydrogen) atoms. The number of carbonyl (C=O) groups is 1. The number of rotatable bonds is 5. The lowest BCUT2D eigenvalue weighted by Gasteiger charge is -2.31. The summed E-state index contributed by atoms with van der Waals surface area (Å²) in [4.78, 5) is 11.4. The largest absolute Gasteiger partial charge is 0.469 e. The van der Waals surface area contributed by atoms with Gasteiger partial charge in [0.25, 0.3) is 0 Å². The molecule has 0 spiro atoms. The van der Waals surface area contributed by atoms with Crippen molar-refractivity contribution in [1.82, 2.24) is 5.32 Å². The van der Waals surface area contributed by atoms with E-state index in [0.29, 0.717) is 13.0 Å². The molecule has 0 aliphatic rings. The average molecular weight is 267 g/mol. The maximum atomic E-state index is 12.8. The SMILES string of the molecule is COC(=O)CC(NCc1ccc(F)cc1)C(C)(C)C. The summed E-state index contributed by atoms with van der Waals surface area (Å²) in [6.07, 6.45) is 0.321. The van der Waals surface area contributed by atoms with Crippen molar-refractivity contribution < 1.29 is 13.9 Å². The predicted molar refractivity (Wildman–Crippen MR) is 73.1 cm³/mol. The van der Waals surface area contributed by atoms with Crippen molar-refractivity contribution in [2.24, 2.45) is 5.41 Å². The lowest BCUT2D eigenvalue weighted by molar-refractivity contribution is -0.141. The second kappa shape index (κ2) is 6.66. The zero-order valence-corrected chi connectivity index (χ0v) is 12.0. The molecular formula is C15H22FNO2.